The van der Waals surface area contributed by atoms with Crippen LogP contribution in [0.15, 0.2) is 48.7 Å². The molecule has 4 rings (SSSR count). The maximum absolute atomic E-state index is 12.5. The summed E-state index contributed by atoms with van der Waals surface area (Å²) in [4.78, 5) is 33.6. The molecule has 106 valence electrons. The van der Waals surface area contributed by atoms with Gasteiger partial charge in [-0.1, -0.05) is 18.2 Å². The zero-order valence-electron chi connectivity index (χ0n) is 11.9. The summed E-state index contributed by atoms with van der Waals surface area (Å²) in [7, 11) is 0. The van der Waals surface area contributed by atoms with Crippen molar-refractivity contribution >= 4 is 22.5 Å². The quantitative estimate of drug-likeness (QED) is 0.646. The average Bonchev–Trinajstić information content (AvgIpc) is 2.79. The number of hydrogen-bond donors (Lipinski definition) is 0. The van der Waals surface area contributed by atoms with Crippen molar-refractivity contribution in [2.24, 2.45) is 0 Å². The summed E-state index contributed by atoms with van der Waals surface area (Å²) >= 11 is 0. The molecule has 0 amide bonds. The number of Topliss-reactive ketones (excluding diaryl/α,β-unsaturated/α-hetero) is 2. The van der Waals surface area contributed by atoms with Crippen molar-refractivity contribution in [3.8, 4) is 0 Å². The minimum atomic E-state index is -0.866. The average molecular weight is 288 g/mol. The molecule has 4 heteroatoms. The SMILES string of the molecule is Cc1ccc2ccc([C@@H]3C(=O)c4cccnc4C3=O)nc2c1. The van der Waals surface area contributed by atoms with E-state index in [-0.39, 0.29) is 17.3 Å². The Balaban J connectivity index is 1.86. The van der Waals surface area contributed by atoms with Crippen LogP contribution in [-0.2, 0) is 0 Å². The lowest BCUT2D eigenvalue weighted by atomic mass is 9.98. The van der Waals surface area contributed by atoms with Gasteiger partial charge in [-0.25, -0.2) is 0 Å². The van der Waals surface area contributed by atoms with Crippen molar-refractivity contribution in [3.63, 3.8) is 0 Å². The second-order valence-electron chi connectivity index (χ2n) is 5.49. The largest absolute Gasteiger partial charge is 0.293 e. The van der Waals surface area contributed by atoms with Gasteiger partial charge < -0.3 is 0 Å². The lowest BCUT2D eigenvalue weighted by Gasteiger charge is -2.08. The second kappa shape index (κ2) is 4.56. The van der Waals surface area contributed by atoms with Crippen molar-refractivity contribution in [2.45, 2.75) is 12.8 Å². The summed E-state index contributed by atoms with van der Waals surface area (Å²) < 4.78 is 0. The van der Waals surface area contributed by atoms with E-state index in [9.17, 15) is 9.59 Å². The first-order valence-electron chi connectivity index (χ1n) is 7.06. The molecule has 2 aromatic heterocycles. The number of ketones is 2. The van der Waals surface area contributed by atoms with Gasteiger partial charge in [0.25, 0.3) is 0 Å². The summed E-state index contributed by atoms with van der Waals surface area (Å²) in [5.41, 5.74) is 3.02. The zero-order chi connectivity index (χ0) is 15.3. The Kier molecular flexibility index (Phi) is 2.66. The fraction of sp³-hybridized carbons (Fsp3) is 0.111. The predicted octanol–water partition coefficient (Wildman–Crippen LogP) is 3.10. The van der Waals surface area contributed by atoms with E-state index in [1.54, 1.807) is 18.2 Å². The number of carbonyl (C=O) groups excluding carboxylic acids is 2. The van der Waals surface area contributed by atoms with Gasteiger partial charge in [0.05, 0.1) is 11.2 Å². The van der Waals surface area contributed by atoms with Crippen LogP contribution in [0.5, 0.6) is 0 Å². The van der Waals surface area contributed by atoms with Crippen molar-refractivity contribution in [1.29, 1.82) is 0 Å². The number of rotatable bonds is 1. The summed E-state index contributed by atoms with van der Waals surface area (Å²) in [6.45, 7) is 1.99. The topological polar surface area (TPSA) is 59.9 Å². The maximum Gasteiger partial charge on any atom is 0.198 e. The Labute approximate surface area is 126 Å². The molecule has 3 aromatic rings. The van der Waals surface area contributed by atoms with Gasteiger partial charge in [0, 0.05) is 17.1 Å². The molecular weight excluding hydrogens is 276 g/mol. The van der Waals surface area contributed by atoms with E-state index in [1.165, 1.54) is 6.20 Å². The molecule has 0 saturated heterocycles. The van der Waals surface area contributed by atoms with E-state index in [2.05, 4.69) is 9.97 Å². The first kappa shape index (κ1) is 12.8. The fourth-order valence-electron chi connectivity index (χ4n) is 2.88. The smallest absolute Gasteiger partial charge is 0.198 e. The van der Waals surface area contributed by atoms with Crippen molar-refractivity contribution in [2.75, 3.05) is 0 Å². The van der Waals surface area contributed by atoms with Gasteiger partial charge in [0.1, 0.15) is 11.6 Å². The van der Waals surface area contributed by atoms with E-state index in [0.29, 0.717) is 11.3 Å². The van der Waals surface area contributed by atoms with E-state index in [1.807, 2.05) is 31.2 Å². The van der Waals surface area contributed by atoms with Crippen LogP contribution in [0.1, 0.15) is 38.0 Å². The molecular formula is C18H12N2O2. The summed E-state index contributed by atoms with van der Waals surface area (Å²) in [5, 5.41) is 0.989. The van der Waals surface area contributed by atoms with Gasteiger partial charge in [0.15, 0.2) is 11.6 Å². The van der Waals surface area contributed by atoms with Gasteiger partial charge in [0.2, 0.25) is 0 Å². The number of nitrogens with zero attached hydrogens (tertiary/aromatic N) is 2. The lowest BCUT2D eigenvalue weighted by molar-refractivity contribution is 0.0886. The normalized spacial score (nSPS) is 17.0. The van der Waals surface area contributed by atoms with Gasteiger partial charge in [-0.2, -0.15) is 0 Å². The van der Waals surface area contributed by atoms with Crippen LogP contribution in [-0.4, -0.2) is 21.5 Å². The van der Waals surface area contributed by atoms with Crippen molar-refractivity contribution in [3.05, 3.63) is 71.2 Å². The number of carbonyl (C=O) groups is 2. The molecule has 0 spiro atoms. The molecule has 4 nitrogen and oxygen atoms in total. The summed E-state index contributed by atoms with van der Waals surface area (Å²) in [5.74, 6) is -1.34. The highest BCUT2D eigenvalue weighted by Crippen LogP contribution is 2.32. The Bertz CT molecular complexity index is 912. The summed E-state index contributed by atoms with van der Waals surface area (Å²) in [6.07, 6.45) is 1.53. The fourth-order valence-corrected chi connectivity index (χ4v) is 2.88. The Morgan fingerprint density at radius 3 is 2.64 bits per heavy atom. The molecule has 0 saturated carbocycles. The molecule has 1 aromatic carbocycles. The third-order valence-corrected chi connectivity index (χ3v) is 4.00. The van der Waals surface area contributed by atoms with Gasteiger partial charge >= 0.3 is 0 Å². The standard InChI is InChI=1S/C18H12N2O2/c1-10-4-5-11-6-7-13(20-14(11)9-10)15-17(21)12-3-2-8-19-16(12)18(15)22/h2-9,15H,1H3/t15-/m1/s1. The first-order chi connectivity index (χ1) is 10.6. The van der Waals surface area contributed by atoms with E-state index in [0.717, 1.165) is 16.5 Å². The van der Waals surface area contributed by atoms with Crippen LogP contribution in [0.4, 0.5) is 0 Å². The molecule has 0 bridgehead atoms. The molecule has 0 N–H and O–H groups in total. The molecule has 0 radical (unpaired) electrons. The molecule has 0 aliphatic heterocycles. The molecule has 1 aliphatic carbocycles. The van der Waals surface area contributed by atoms with E-state index < -0.39 is 5.92 Å². The molecule has 1 aliphatic rings. The third-order valence-electron chi connectivity index (χ3n) is 4.00. The van der Waals surface area contributed by atoms with E-state index >= 15 is 0 Å². The van der Waals surface area contributed by atoms with Crippen LogP contribution >= 0.6 is 0 Å². The number of fused-ring (bicyclic) bond motifs is 2. The van der Waals surface area contributed by atoms with Crippen LogP contribution in [0.3, 0.4) is 0 Å². The van der Waals surface area contributed by atoms with Crippen LogP contribution in [0.25, 0.3) is 10.9 Å². The lowest BCUT2D eigenvalue weighted by Crippen LogP contribution is -2.14. The van der Waals surface area contributed by atoms with Gasteiger partial charge in [-0.05, 0) is 36.8 Å². The summed E-state index contributed by atoms with van der Waals surface area (Å²) in [6, 6.07) is 12.9. The predicted molar refractivity (Wildman–Crippen MR) is 82.1 cm³/mol. The highest BCUT2D eigenvalue weighted by molar-refractivity contribution is 6.28. The molecule has 0 fully saturated rings. The molecule has 2 heterocycles. The Morgan fingerprint density at radius 1 is 1.00 bits per heavy atom. The van der Waals surface area contributed by atoms with Crippen LogP contribution in [0.2, 0.25) is 0 Å². The highest BCUT2D eigenvalue weighted by atomic mass is 16.2. The maximum atomic E-state index is 12.5. The first-order valence-corrected chi connectivity index (χ1v) is 7.06. The van der Waals surface area contributed by atoms with Crippen molar-refractivity contribution in [1.82, 2.24) is 9.97 Å². The minimum absolute atomic E-state index is 0.215. The van der Waals surface area contributed by atoms with Gasteiger partial charge in [-0.3, -0.25) is 19.6 Å². The van der Waals surface area contributed by atoms with Crippen LogP contribution in [0, 0.1) is 6.92 Å². The number of aryl methyl sites for hydroxylation is 1. The number of pyridine rings is 2. The Hall–Kier alpha value is -2.88. The third kappa shape index (κ3) is 1.77. The molecule has 0 unspecified atom stereocenters. The van der Waals surface area contributed by atoms with E-state index in [4.69, 9.17) is 0 Å². The highest BCUT2D eigenvalue weighted by Gasteiger charge is 2.41. The van der Waals surface area contributed by atoms with Crippen molar-refractivity contribution < 1.29 is 9.59 Å². The monoisotopic (exact) mass is 288 g/mol. The Morgan fingerprint density at radius 2 is 1.82 bits per heavy atom. The number of benzene rings is 1. The van der Waals surface area contributed by atoms with Gasteiger partial charge in [-0.15, -0.1) is 0 Å². The molecule has 22 heavy (non-hydrogen) atoms. The zero-order valence-corrected chi connectivity index (χ0v) is 11.9. The van der Waals surface area contributed by atoms with Crippen LogP contribution < -0.4 is 0 Å². The minimum Gasteiger partial charge on any atom is -0.293 e. The second-order valence-corrected chi connectivity index (χ2v) is 5.49. The number of aromatic nitrogens is 2. The molecule has 1 atom stereocenters. The number of hydrogen-bond acceptors (Lipinski definition) is 4.